The molecule has 0 atom stereocenters. The highest BCUT2D eigenvalue weighted by molar-refractivity contribution is 7.90. The smallest absolute Gasteiger partial charge is 0.264 e. The van der Waals surface area contributed by atoms with Crippen LogP contribution in [0.1, 0.15) is 22.4 Å². The number of amides is 1. The van der Waals surface area contributed by atoms with Gasteiger partial charge in [-0.05, 0) is 56.7 Å². The monoisotopic (exact) mass is 449 g/mol. The summed E-state index contributed by atoms with van der Waals surface area (Å²) in [6.45, 7) is 5.69. The van der Waals surface area contributed by atoms with E-state index in [1.807, 2.05) is 50.7 Å². The third-order valence-corrected chi connectivity index (χ3v) is 6.56. The predicted octanol–water partition coefficient (Wildman–Crippen LogP) is 3.20. The van der Waals surface area contributed by atoms with Gasteiger partial charge in [0.2, 0.25) is 0 Å². The second kappa shape index (κ2) is 8.08. The summed E-state index contributed by atoms with van der Waals surface area (Å²) in [5, 5.41) is 5.50. The molecule has 1 amide bonds. The van der Waals surface area contributed by atoms with Gasteiger partial charge in [-0.15, -0.1) is 0 Å². The molecule has 0 saturated heterocycles. The number of aromatic nitrogens is 4. The molecule has 3 aromatic heterocycles. The van der Waals surface area contributed by atoms with Crippen molar-refractivity contribution in [3.63, 3.8) is 0 Å². The Balaban J connectivity index is 1.67. The zero-order valence-electron chi connectivity index (χ0n) is 18.2. The van der Waals surface area contributed by atoms with Crippen molar-refractivity contribution in [1.29, 1.82) is 0 Å². The molecule has 0 radical (unpaired) electrons. The minimum atomic E-state index is -3.96. The molecular weight excluding hydrogens is 426 g/mol. The molecule has 1 N–H and O–H groups in total. The lowest BCUT2D eigenvalue weighted by molar-refractivity contribution is -0.114. The van der Waals surface area contributed by atoms with Crippen molar-refractivity contribution in [3.05, 3.63) is 77.3 Å². The Bertz CT molecular complexity index is 1460. The Morgan fingerprint density at radius 1 is 1.09 bits per heavy atom. The van der Waals surface area contributed by atoms with E-state index in [4.69, 9.17) is 0 Å². The summed E-state index contributed by atoms with van der Waals surface area (Å²) in [6.07, 6.45) is 6.46. The molecule has 3 heterocycles. The van der Waals surface area contributed by atoms with Gasteiger partial charge in [0.05, 0.1) is 10.6 Å². The topological polar surface area (TPSA) is 98.9 Å². The minimum Gasteiger partial charge on any atom is -0.285 e. The number of pyridine rings is 1. The number of benzene rings is 1. The summed E-state index contributed by atoms with van der Waals surface area (Å²) in [7, 11) is -2.15. The van der Waals surface area contributed by atoms with Crippen LogP contribution in [0.4, 0.5) is 0 Å². The second-order valence-electron chi connectivity index (χ2n) is 7.62. The summed E-state index contributed by atoms with van der Waals surface area (Å²) < 4.78 is 30.7. The first-order valence-electron chi connectivity index (χ1n) is 9.95. The molecule has 0 unspecified atom stereocenters. The van der Waals surface area contributed by atoms with Crippen molar-refractivity contribution in [2.24, 2.45) is 7.05 Å². The molecule has 8 nitrogen and oxygen atoms in total. The van der Waals surface area contributed by atoms with E-state index in [2.05, 4.69) is 14.8 Å². The summed E-state index contributed by atoms with van der Waals surface area (Å²) in [4.78, 5) is 17.0. The molecule has 9 heteroatoms. The van der Waals surface area contributed by atoms with Crippen LogP contribution in [0.3, 0.4) is 0 Å². The van der Waals surface area contributed by atoms with Crippen molar-refractivity contribution in [1.82, 2.24) is 24.1 Å². The summed E-state index contributed by atoms with van der Waals surface area (Å²) >= 11 is 0. The molecule has 1 aromatic carbocycles. The van der Waals surface area contributed by atoms with Crippen LogP contribution in [0.2, 0.25) is 0 Å². The molecule has 0 spiro atoms. The van der Waals surface area contributed by atoms with Crippen LogP contribution in [-0.4, -0.2) is 33.7 Å². The van der Waals surface area contributed by atoms with Gasteiger partial charge in [0.25, 0.3) is 15.9 Å². The maximum atomic E-state index is 12.5. The lowest BCUT2D eigenvalue weighted by Gasteiger charge is -2.07. The van der Waals surface area contributed by atoms with E-state index >= 15 is 0 Å². The van der Waals surface area contributed by atoms with Crippen LogP contribution in [-0.2, 0) is 21.9 Å². The van der Waals surface area contributed by atoms with Gasteiger partial charge in [0.15, 0.2) is 0 Å². The number of carbonyl (C=O) groups excluding carboxylic acids is 1. The number of rotatable bonds is 5. The number of hydrogen-bond donors (Lipinski definition) is 1. The number of fused-ring (bicyclic) bond motifs is 1. The van der Waals surface area contributed by atoms with Crippen LogP contribution in [0.15, 0.2) is 59.8 Å². The van der Waals surface area contributed by atoms with Crippen molar-refractivity contribution in [2.45, 2.75) is 25.7 Å². The number of aryl methyl sites for hydroxylation is 4. The van der Waals surface area contributed by atoms with Crippen LogP contribution in [0.25, 0.3) is 22.9 Å². The number of hydrogen-bond acceptors (Lipinski definition) is 5. The molecule has 0 aliphatic heterocycles. The van der Waals surface area contributed by atoms with Crippen molar-refractivity contribution in [2.75, 3.05) is 0 Å². The van der Waals surface area contributed by atoms with E-state index in [0.717, 1.165) is 28.0 Å². The molecule has 0 bridgehead atoms. The molecule has 164 valence electrons. The quantitative estimate of drug-likeness (QED) is 0.472. The van der Waals surface area contributed by atoms with Crippen molar-refractivity contribution >= 4 is 33.0 Å². The van der Waals surface area contributed by atoms with E-state index in [1.54, 1.807) is 29.1 Å². The molecule has 32 heavy (non-hydrogen) atoms. The van der Waals surface area contributed by atoms with Crippen LogP contribution in [0, 0.1) is 20.8 Å². The summed E-state index contributed by atoms with van der Waals surface area (Å²) in [6, 6.07) is 10.2. The molecule has 0 saturated carbocycles. The lowest BCUT2D eigenvalue weighted by atomic mass is 10.2. The fourth-order valence-corrected chi connectivity index (χ4v) is 4.57. The zero-order valence-corrected chi connectivity index (χ0v) is 19.0. The fourth-order valence-electron chi connectivity index (χ4n) is 3.63. The Labute approximate surface area is 186 Å². The van der Waals surface area contributed by atoms with Gasteiger partial charge in [-0.25, -0.2) is 18.1 Å². The first-order chi connectivity index (χ1) is 15.2. The van der Waals surface area contributed by atoms with E-state index in [1.165, 1.54) is 18.2 Å². The Hall–Kier alpha value is -3.72. The van der Waals surface area contributed by atoms with Gasteiger partial charge < -0.3 is 0 Å². The zero-order chi connectivity index (χ0) is 23.0. The van der Waals surface area contributed by atoms with Gasteiger partial charge in [0, 0.05) is 36.5 Å². The van der Waals surface area contributed by atoms with Gasteiger partial charge in [-0.2, -0.15) is 5.10 Å². The molecule has 0 aliphatic rings. The number of nitrogens with one attached hydrogen (secondary N) is 1. The predicted molar refractivity (Wildman–Crippen MR) is 123 cm³/mol. The van der Waals surface area contributed by atoms with Crippen molar-refractivity contribution < 1.29 is 13.2 Å². The van der Waals surface area contributed by atoms with Crippen LogP contribution < -0.4 is 4.72 Å². The first-order valence-corrected chi connectivity index (χ1v) is 11.4. The van der Waals surface area contributed by atoms with Gasteiger partial charge >= 0.3 is 0 Å². The van der Waals surface area contributed by atoms with Gasteiger partial charge in [-0.1, -0.05) is 17.7 Å². The maximum Gasteiger partial charge on any atom is 0.264 e. The standard InChI is InChI=1S/C23H23N5O3S/c1-15-7-9-18(10-8-15)32(30,31)26-21(29)12-11-20-17(3)25-27(4)23(20)28-14-16(2)19-6-5-13-24-22(19)28/h5-14H,1-4H3,(H,26,29). The van der Waals surface area contributed by atoms with Crippen molar-refractivity contribution in [3.8, 4) is 5.82 Å². The number of sulfonamides is 1. The average molecular weight is 450 g/mol. The molecular formula is C23H23N5O3S. The number of carbonyl (C=O) groups is 1. The molecule has 4 aromatic rings. The highest BCUT2D eigenvalue weighted by atomic mass is 32.2. The first kappa shape index (κ1) is 21.5. The van der Waals surface area contributed by atoms with E-state index in [9.17, 15) is 13.2 Å². The highest BCUT2D eigenvalue weighted by Crippen LogP contribution is 2.26. The minimum absolute atomic E-state index is 0.0310. The fraction of sp³-hybridized carbons (Fsp3) is 0.174. The van der Waals surface area contributed by atoms with Crippen LogP contribution in [0.5, 0.6) is 0 Å². The molecule has 0 aliphatic carbocycles. The Kier molecular flexibility index (Phi) is 5.43. The lowest BCUT2D eigenvalue weighted by Crippen LogP contribution is -2.28. The van der Waals surface area contributed by atoms with Gasteiger partial charge in [-0.3, -0.25) is 14.0 Å². The number of nitrogens with zero attached hydrogens (tertiary/aromatic N) is 4. The average Bonchev–Trinajstić information content (AvgIpc) is 3.21. The summed E-state index contributed by atoms with van der Waals surface area (Å²) in [5.41, 5.74) is 4.15. The third kappa shape index (κ3) is 3.94. The highest BCUT2D eigenvalue weighted by Gasteiger charge is 2.19. The Morgan fingerprint density at radius 3 is 2.53 bits per heavy atom. The van der Waals surface area contributed by atoms with Gasteiger partial charge in [0.1, 0.15) is 11.5 Å². The molecule has 0 fully saturated rings. The maximum absolute atomic E-state index is 12.5. The van der Waals surface area contributed by atoms with E-state index < -0.39 is 15.9 Å². The Morgan fingerprint density at radius 2 is 1.81 bits per heavy atom. The van der Waals surface area contributed by atoms with E-state index in [-0.39, 0.29) is 4.90 Å². The third-order valence-electron chi connectivity index (χ3n) is 5.20. The SMILES string of the molecule is Cc1ccc(S(=O)(=O)NC(=O)C=Cc2c(C)nn(C)c2-n2cc(C)c3cccnc32)cc1. The molecule has 4 rings (SSSR count). The second-order valence-corrected chi connectivity index (χ2v) is 9.30. The van der Waals surface area contributed by atoms with Crippen LogP contribution >= 0.6 is 0 Å². The largest absolute Gasteiger partial charge is 0.285 e. The summed E-state index contributed by atoms with van der Waals surface area (Å²) in [5.74, 6) is -0.0174. The van der Waals surface area contributed by atoms with E-state index in [0.29, 0.717) is 11.3 Å². The normalized spacial score (nSPS) is 12.0.